The van der Waals surface area contributed by atoms with Crippen molar-refractivity contribution >= 4 is 23.5 Å². The first-order chi connectivity index (χ1) is 8.04. The first-order valence-corrected chi connectivity index (χ1v) is 5.18. The molecule has 0 radical (unpaired) electrons. The third kappa shape index (κ3) is 4.01. The lowest BCUT2D eigenvalue weighted by Crippen LogP contribution is -2.41. The van der Waals surface area contributed by atoms with E-state index < -0.39 is 17.9 Å². The number of pyridine rings is 1. The number of halogens is 1. The van der Waals surface area contributed by atoms with Gasteiger partial charge in [-0.05, 0) is 12.1 Å². The molecule has 0 saturated heterocycles. The summed E-state index contributed by atoms with van der Waals surface area (Å²) >= 11 is 5.60. The van der Waals surface area contributed by atoms with Gasteiger partial charge in [0.2, 0.25) is 0 Å². The van der Waals surface area contributed by atoms with Crippen LogP contribution >= 0.6 is 11.6 Å². The van der Waals surface area contributed by atoms with Gasteiger partial charge in [0.25, 0.3) is 5.91 Å². The van der Waals surface area contributed by atoms with E-state index in [0.717, 1.165) is 0 Å². The van der Waals surface area contributed by atoms with Gasteiger partial charge in [-0.1, -0.05) is 11.6 Å². The minimum atomic E-state index is -1.21. The van der Waals surface area contributed by atoms with Gasteiger partial charge in [0.05, 0.1) is 5.02 Å². The Morgan fingerprint density at radius 2 is 2.18 bits per heavy atom. The molecule has 1 aromatic rings. The average Bonchev–Trinajstić information content (AvgIpc) is 2.29. The van der Waals surface area contributed by atoms with Gasteiger partial charge >= 0.3 is 5.97 Å². The second-order valence-electron chi connectivity index (χ2n) is 3.24. The zero-order chi connectivity index (χ0) is 12.8. The van der Waals surface area contributed by atoms with Gasteiger partial charge in [-0.25, -0.2) is 9.78 Å². The summed E-state index contributed by atoms with van der Waals surface area (Å²) in [6.45, 7) is -0.328. The molecule has 7 heteroatoms. The van der Waals surface area contributed by atoms with E-state index in [0.29, 0.717) is 5.02 Å². The Labute approximate surface area is 102 Å². The molecular weight excluding hydrogens is 248 g/mol. The lowest BCUT2D eigenvalue weighted by molar-refractivity contribution is -0.139. The van der Waals surface area contributed by atoms with Crippen molar-refractivity contribution in [2.24, 2.45) is 0 Å². The molecule has 0 aliphatic carbocycles. The molecule has 1 rings (SSSR count). The van der Waals surface area contributed by atoms with Crippen molar-refractivity contribution < 1.29 is 19.8 Å². The van der Waals surface area contributed by atoms with Crippen molar-refractivity contribution in [1.82, 2.24) is 10.3 Å². The Morgan fingerprint density at radius 1 is 1.47 bits per heavy atom. The highest BCUT2D eigenvalue weighted by molar-refractivity contribution is 6.30. The van der Waals surface area contributed by atoms with Crippen LogP contribution in [-0.4, -0.2) is 39.7 Å². The van der Waals surface area contributed by atoms with Crippen molar-refractivity contribution in [1.29, 1.82) is 0 Å². The van der Waals surface area contributed by atoms with Crippen molar-refractivity contribution in [3.05, 3.63) is 29.0 Å². The number of nitrogens with one attached hydrogen (secondary N) is 1. The number of carboxylic acids is 1. The number of rotatable bonds is 5. The number of nitrogens with zero attached hydrogens (tertiary/aromatic N) is 1. The minimum Gasteiger partial charge on any atom is -0.480 e. The summed E-state index contributed by atoms with van der Waals surface area (Å²) in [6, 6.07) is 1.73. The molecule has 92 valence electrons. The number of hydrogen-bond donors (Lipinski definition) is 3. The molecule has 3 N–H and O–H groups in total. The first kappa shape index (κ1) is 13.4. The summed E-state index contributed by atoms with van der Waals surface area (Å²) in [5, 5.41) is 20.1. The molecule has 0 fully saturated rings. The highest BCUT2D eigenvalue weighted by atomic mass is 35.5. The molecular formula is C10H11ClN2O4. The van der Waals surface area contributed by atoms with E-state index in [2.05, 4.69) is 10.3 Å². The van der Waals surface area contributed by atoms with E-state index >= 15 is 0 Å². The molecule has 0 spiro atoms. The summed E-state index contributed by atoms with van der Waals surface area (Å²) in [6.07, 6.45) is 1.23. The topological polar surface area (TPSA) is 99.5 Å². The van der Waals surface area contributed by atoms with Crippen LogP contribution in [0, 0.1) is 0 Å². The van der Waals surface area contributed by atoms with Crippen molar-refractivity contribution in [2.45, 2.75) is 12.5 Å². The zero-order valence-electron chi connectivity index (χ0n) is 8.76. The maximum atomic E-state index is 11.6. The van der Waals surface area contributed by atoms with Gasteiger partial charge in [-0.3, -0.25) is 4.79 Å². The second-order valence-corrected chi connectivity index (χ2v) is 3.67. The molecule has 0 unspecified atom stereocenters. The molecule has 0 bridgehead atoms. The largest absolute Gasteiger partial charge is 0.480 e. The van der Waals surface area contributed by atoms with Gasteiger partial charge in [0, 0.05) is 19.2 Å². The standard InChI is InChI=1S/C10H11ClN2O4/c11-6-1-2-7(12-5-6)9(15)13-8(3-4-14)10(16)17/h1-2,5,8,14H,3-4H2,(H,13,15)(H,16,17)/t8-/m0/s1. The van der Waals surface area contributed by atoms with Crippen LogP contribution in [-0.2, 0) is 4.79 Å². The number of aliphatic carboxylic acids is 1. The Bertz CT molecular complexity index is 407. The molecule has 6 nitrogen and oxygen atoms in total. The van der Waals surface area contributed by atoms with Gasteiger partial charge in [-0.2, -0.15) is 0 Å². The summed E-state index contributed by atoms with van der Waals surface area (Å²) in [7, 11) is 0. The van der Waals surface area contributed by atoms with Gasteiger partial charge in [-0.15, -0.1) is 0 Å². The molecule has 0 saturated carbocycles. The summed E-state index contributed by atoms with van der Waals surface area (Å²) < 4.78 is 0. The Kier molecular flexibility index (Phi) is 4.86. The number of aliphatic hydroxyl groups excluding tert-OH is 1. The van der Waals surface area contributed by atoms with E-state index in [9.17, 15) is 9.59 Å². The van der Waals surface area contributed by atoms with E-state index in [1.807, 2.05) is 0 Å². The highest BCUT2D eigenvalue weighted by Crippen LogP contribution is 2.06. The summed E-state index contributed by atoms with van der Waals surface area (Å²) in [5.74, 6) is -1.83. The summed E-state index contributed by atoms with van der Waals surface area (Å²) in [5.41, 5.74) is 0.0681. The van der Waals surface area contributed by atoms with Crippen molar-refractivity contribution in [3.8, 4) is 0 Å². The fourth-order valence-electron chi connectivity index (χ4n) is 1.13. The van der Waals surface area contributed by atoms with Crippen LogP contribution in [0.1, 0.15) is 16.9 Å². The molecule has 0 aliphatic heterocycles. The second kappa shape index (κ2) is 6.17. The van der Waals surface area contributed by atoms with Gasteiger partial charge in [0.15, 0.2) is 0 Å². The molecule has 1 heterocycles. The Morgan fingerprint density at radius 3 is 2.65 bits per heavy atom. The fraction of sp³-hybridized carbons (Fsp3) is 0.300. The molecule has 0 aliphatic rings. The lowest BCUT2D eigenvalue weighted by atomic mass is 10.2. The van der Waals surface area contributed by atoms with Crippen LogP contribution < -0.4 is 5.32 Å². The van der Waals surface area contributed by atoms with E-state index in [4.69, 9.17) is 21.8 Å². The predicted molar refractivity (Wildman–Crippen MR) is 59.8 cm³/mol. The first-order valence-electron chi connectivity index (χ1n) is 4.80. The van der Waals surface area contributed by atoms with E-state index in [1.54, 1.807) is 0 Å². The maximum absolute atomic E-state index is 11.6. The van der Waals surface area contributed by atoms with Crippen LogP contribution in [0.5, 0.6) is 0 Å². The molecule has 1 amide bonds. The number of carbonyl (C=O) groups is 2. The SMILES string of the molecule is O=C(N[C@@H](CCO)C(=O)O)c1ccc(Cl)cn1. The van der Waals surface area contributed by atoms with Crippen LogP contribution in [0.4, 0.5) is 0 Å². The van der Waals surface area contributed by atoms with Crippen molar-refractivity contribution in [2.75, 3.05) is 6.61 Å². The lowest BCUT2D eigenvalue weighted by Gasteiger charge is -2.12. The summed E-state index contributed by atoms with van der Waals surface area (Å²) in [4.78, 5) is 26.1. The maximum Gasteiger partial charge on any atom is 0.326 e. The molecule has 1 atom stereocenters. The van der Waals surface area contributed by atoms with Gasteiger partial charge in [0.1, 0.15) is 11.7 Å². The van der Waals surface area contributed by atoms with Crippen LogP contribution in [0.25, 0.3) is 0 Å². The quantitative estimate of drug-likeness (QED) is 0.705. The monoisotopic (exact) mass is 258 g/mol. The van der Waals surface area contributed by atoms with Crippen LogP contribution in [0.2, 0.25) is 5.02 Å². The third-order valence-electron chi connectivity index (χ3n) is 1.98. The molecule has 1 aromatic heterocycles. The number of aromatic nitrogens is 1. The predicted octanol–water partition coefficient (Wildman–Crippen LogP) is 0.300. The van der Waals surface area contributed by atoms with Gasteiger partial charge < -0.3 is 15.5 Å². The number of aliphatic hydroxyl groups is 1. The van der Waals surface area contributed by atoms with Crippen LogP contribution in [0.3, 0.4) is 0 Å². The number of hydrogen-bond acceptors (Lipinski definition) is 4. The molecule has 0 aromatic carbocycles. The van der Waals surface area contributed by atoms with E-state index in [1.165, 1.54) is 18.3 Å². The third-order valence-corrected chi connectivity index (χ3v) is 2.20. The Hall–Kier alpha value is -1.66. The average molecular weight is 259 g/mol. The molecule has 17 heavy (non-hydrogen) atoms. The smallest absolute Gasteiger partial charge is 0.326 e. The highest BCUT2D eigenvalue weighted by Gasteiger charge is 2.20. The number of carbonyl (C=O) groups excluding carboxylic acids is 1. The minimum absolute atomic E-state index is 0.0609. The zero-order valence-corrected chi connectivity index (χ0v) is 9.52. The normalized spacial score (nSPS) is 11.9. The fourth-order valence-corrected chi connectivity index (χ4v) is 1.24. The van der Waals surface area contributed by atoms with Crippen molar-refractivity contribution in [3.63, 3.8) is 0 Å². The Balaban J connectivity index is 2.70. The number of carboxylic acid groups (broad SMARTS) is 1. The number of amides is 1. The van der Waals surface area contributed by atoms with Crippen LogP contribution in [0.15, 0.2) is 18.3 Å². The van der Waals surface area contributed by atoms with E-state index in [-0.39, 0.29) is 18.7 Å².